The highest BCUT2D eigenvalue weighted by Gasteiger charge is 2.33. The number of carboxylic acids is 1. The largest absolute Gasteiger partial charge is 0.481 e. The van der Waals surface area contributed by atoms with Crippen LogP contribution in [0.3, 0.4) is 0 Å². The van der Waals surface area contributed by atoms with Crippen molar-refractivity contribution in [2.75, 3.05) is 6.61 Å². The first-order valence-electron chi connectivity index (χ1n) is 4.40. The van der Waals surface area contributed by atoms with E-state index in [1.165, 1.54) is 0 Å². The summed E-state index contributed by atoms with van der Waals surface area (Å²) < 4.78 is 5.50. The Morgan fingerprint density at radius 3 is 2.83 bits per heavy atom. The molecule has 0 aromatic carbocycles. The van der Waals surface area contributed by atoms with Crippen molar-refractivity contribution < 1.29 is 14.6 Å². The third-order valence-electron chi connectivity index (χ3n) is 2.46. The Hall–Kier alpha value is -0.570. The van der Waals surface area contributed by atoms with Crippen LogP contribution in [-0.2, 0) is 9.53 Å². The number of carboxylic acid groups (broad SMARTS) is 1. The van der Waals surface area contributed by atoms with Gasteiger partial charge in [-0.15, -0.1) is 0 Å². The van der Waals surface area contributed by atoms with Crippen LogP contribution in [0.1, 0.15) is 33.1 Å². The summed E-state index contributed by atoms with van der Waals surface area (Å²) in [4.78, 5) is 10.6. The molecule has 2 unspecified atom stereocenters. The van der Waals surface area contributed by atoms with Gasteiger partial charge in [0.1, 0.15) is 0 Å². The Labute approximate surface area is 72.7 Å². The van der Waals surface area contributed by atoms with Crippen LogP contribution in [-0.4, -0.2) is 23.3 Å². The summed E-state index contributed by atoms with van der Waals surface area (Å²) >= 11 is 0. The molecule has 0 aliphatic carbocycles. The Morgan fingerprint density at radius 2 is 2.42 bits per heavy atom. The maximum Gasteiger partial charge on any atom is 0.306 e. The summed E-state index contributed by atoms with van der Waals surface area (Å²) in [5.41, 5.74) is -0.183. The van der Waals surface area contributed by atoms with Crippen LogP contribution in [0, 0.1) is 5.92 Å². The number of hydrogen-bond acceptors (Lipinski definition) is 2. The number of aliphatic carboxylic acids is 1. The van der Waals surface area contributed by atoms with E-state index in [1.54, 1.807) is 6.92 Å². The lowest BCUT2D eigenvalue weighted by atomic mass is 9.91. The van der Waals surface area contributed by atoms with Crippen molar-refractivity contribution >= 4 is 5.97 Å². The van der Waals surface area contributed by atoms with E-state index in [2.05, 4.69) is 0 Å². The molecule has 12 heavy (non-hydrogen) atoms. The van der Waals surface area contributed by atoms with E-state index in [9.17, 15) is 4.79 Å². The molecule has 3 nitrogen and oxygen atoms in total. The van der Waals surface area contributed by atoms with Crippen LogP contribution < -0.4 is 0 Å². The Bertz CT molecular complexity index is 171. The minimum Gasteiger partial charge on any atom is -0.481 e. The molecular weight excluding hydrogens is 156 g/mol. The summed E-state index contributed by atoms with van der Waals surface area (Å²) in [6.45, 7) is 4.51. The van der Waals surface area contributed by atoms with Crippen molar-refractivity contribution in [2.24, 2.45) is 5.92 Å². The van der Waals surface area contributed by atoms with Crippen LogP contribution in [0.2, 0.25) is 0 Å². The van der Waals surface area contributed by atoms with Crippen LogP contribution in [0.15, 0.2) is 0 Å². The van der Waals surface area contributed by atoms with Gasteiger partial charge in [0.15, 0.2) is 0 Å². The van der Waals surface area contributed by atoms with Gasteiger partial charge in [0.05, 0.1) is 11.5 Å². The SMILES string of the molecule is CC(CC1(C)CCCO1)C(=O)O. The predicted molar refractivity (Wildman–Crippen MR) is 45.0 cm³/mol. The highest BCUT2D eigenvalue weighted by Crippen LogP contribution is 2.31. The molecule has 2 atom stereocenters. The molecule has 1 N–H and O–H groups in total. The highest BCUT2D eigenvalue weighted by atomic mass is 16.5. The zero-order chi connectivity index (χ0) is 9.19. The summed E-state index contributed by atoms with van der Waals surface area (Å²) in [6.07, 6.45) is 2.68. The second-order valence-electron chi connectivity index (χ2n) is 3.85. The fraction of sp³-hybridized carbons (Fsp3) is 0.889. The lowest BCUT2D eigenvalue weighted by molar-refractivity contribution is -0.143. The maximum absolute atomic E-state index is 10.6. The van der Waals surface area contributed by atoms with Crippen molar-refractivity contribution in [1.82, 2.24) is 0 Å². The molecule has 0 spiro atoms. The monoisotopic (exact) mass is 172 g/mol. The molecule has 3 heteroatoms. The number of hydrogen-bond donors (Lipinski definition) is 1. The summed E-state index contributed by atoms with van der Waals surface area (Å²) in [6, 6.07) is 0. The minimum absolute atomic E-state index is 0.183. The van der Waals surface area contributed by atoms with Crippen molar-refractivity contribution in [2.45, 2.75) is 38.7 Å². The smallest absolute Gasteiger partial charge is 0.306 e. The van der Waals surface area contributed by atoms with Gasteiger partial charge < -0.3 is 9.84 Å². The highest BCUT2D eigenvalue weighted by molar-refractivity contribution is 5.69. The molecule has 1 fully saturated rings. The van der Waals surface area contributed by atoms with E-state index >= 15 is 0 Å². The molecule has 1 aliphatic heterocycles. The van der Waals surface area contributed by atoms with Gasteiger partial charge in [0.2, 0.25) is 0 Å². The molecule has 1 heterocycles. The quantitative estimate of drug-likeness (QED) is 0.704. The third kappa shape index (κ3) is 2.21. The summed E-state index contributed by atoms with van der Waals surface area (Å²) in [5, 5.41) is 8.70. The Balaban J connectivity index is 2.43. The fourth-order valence-corrected chi connectivity index (χ4v) is 1.73. The van der Waals surface area contributed by atoms with E-state index in [0.29, 0.717) is 6.42 Å². The van der Waals surface area contributed by atoms with E-state index in [0.717, 1.165) is 19.4 Å². The van der Waals surface area contributed by atoms with Gasteiger partial charge in [-0.2, -0.15) is 0 Å². The van der Waals surface area contributed by atoms with E-state index in [4.69, 9.17) is 9.84 Å². The molecule has 1 aliphatic rings. The topological polar surface area (TPSA) is 46.5 Å². The van der Waals surface area contributed by atoms with E-state index < -0.39 is 5.97 Å². The second kappa shape index (κ2) is 3.44. The number of ether oxygens (including phenoxy) is 1. The maximum atomic E-state index is 10.6. The van der Waals surface area contributed by atoms with Crippen LogP contribution in [0.25, 0.3) is 0 Å². The molecule has 1 rings (SSSR count). The summed E-state index contributed by atoms with van der Waals surface area (Å²) in [7, 11) is 0. The molecule has 0 bridgehead atoms. The van der Waals surface area contributed by atoms with Crippen LogP contribution in [0.4, 0.5) is 0 Å². The zero-order valence-corrected chi connectivity index (χ0v) is 7.67. The zero-order valence-electron chi connectivity index (χ0n) is 7.67. The van der Waals surface area contributed by atoms with Crippen LogP contribution >= 0.6 is 0 Å². The van der Waals surface area contributed by atoms with Crippen molar-refractivity contribution in [1.29, 1.82) is 0 Å². The van der Waals surface area contributed by atoms with Crippen molar-refractivity contribution in [3.63, 3.8) is 0 Å². The molecule has 0 saturated carbocycles. The first-order valence-corrected chi connectivity index (χ1v) is 4.40. The van der Waals surface area contributed by atoms with Gasteiger partial charge in [-0.1, -0.05) is 6.92 Å². The minimum atomic E-state index is -0.730. The van der Waals surface area contributed by atoms with Gasteiger partial charge in [0, 0.05) is 6.61 Å². The molecular formula is C9H16O3. The Morgan fingerprint density at radius 1 is 1.75 bits per heavy atom. The van der Waals surface area contributed by atoms with E-state index in [-0.39, 0.29) is 11.5 Å². The van der Waals surface area contributed by atoms with Crippen molar-refractivity contribution in [3.05, 3.63) is 0 Å². The lowest BCUT2D eigenvalue weighted by Gasteiger charge is -2.24. The molecule has 70 valence electrons. The van der Waals surface area contributed by atoms with Gasteiger partial charge in [-0.05, 0) is 26.2 Å². The molecule has 1 saturated heterocycles. The second-order valence-corrected chi connectivity index (χ2v) is 3.85. The lowest BCUT2D eigenvalue weighted by Crippen LogP contribution is -2.28. The molecule has 0 radical (unpaired) electrons. The fourth-order valence-electron chi connectivity index (χ4n) is 1.73. The van der Waals surface area contributed by atoms with Gasteiger partial charge in [-0.3, -0.25) is 4.79 Å². The average molecular weight is 172 g/mol. The van der Waals surface area contributed by atoms with E-state index in [1.807, 2.05) is 6.92 Å². The van der Waals surface area contributed by atoms with Gasteiger partial charge in [-0.25, -0.2) is 0 Å². The third-order valence-corrected chi connectivity index (χ3v) is 2.46. The molecule has 0 aromatic heterocycles. The number of rotatable bonds is 3. The van der Waals surface area contributed by atoms with Crippen molar-refractivity contribution in [3.8, 4) is 0 Å². The number of carbonyl (C=O) groups is 1. The van der Waals surface area contributed by atoms with Gasteiger partial charge in [0.25, 0.3) is 0 Å². The first kappa shape index (κ1) is 9.52. The Kier molecular flexibility index (Phi) is 2.73. The average Bonchev–Trinajstić information content (AvgIpc) is 2.35. The predicted octanol–water partition coefficient (Wildman–Crippen LogP) is 1.67. The molecule has 0 aromatic rings. The first-order chi connectivity index (χ1) is 5.53. The summed E-state index contributed by atoms with van der Waals surface area (Å²) in [5.74, 6) is -1.03. The normalized spacial score (nSPS) is 31.8. The van der Waals surface area contributed by atoms with Crippen LogP contribution in [0.5, 0.6) is 0 Å². The van der Waals surface area contributed by atoms with Gasteiger partial charge >= 0.3 is 5.97 Å². The molecule has 0 amide bonds. The standard InChI is InChI=1S/C9H16O3/c1-7(8(10)11)6-9(2)4-3-5-12-9/h7H,3-6H2,1-2H3,(H,10,11).